The Kier molecular flexibility index (Phi) is 3.97. The van der Waals surface area contributed by atoms with Crippen molar-refractivity contribution in [3.8, 4) is 0 Å². The van der Waals surface area contributed by atoms with Gasteiger partial charge in [0, 0.05) is 21.8 Å². The van der Waals surface area contributed by atoms with Gasteiger partial charge in [0.15, 0.2) is 6.23 Å². The lowest BCUT2D eigenvalue weighted by molar-refractivity contribution is 0.0139. The first-order chi connectivity index (χ1) is 11.7. The molecule has 0 bridgehead atoms. The van der Waals surface area contributed by atoms with E-state index >= 15 is 0 Å². The van der Waals surface area contributed by atoms with Gasteiger partial charge >= 0.3 is 0 Å². The van der Waals surface area contributed by atoms with Gasteiger partial charge in [-0.1, -0.05) is 60.1 Å². The van der Waals surface area contributed by atoms with E-state index in [4.69, 9.17) is 16.3 Å². The molecule has 2 atom stereocenters. The van der Waals surface area contributed by atoms with E-state index in [1.165, 1.54) is 6.07 Å². The SMILES string of the molecule is Fc1ccccc1C1Nc2ccc(Cl)cc2C(c2ccccc2)O1. The number of hydrogen-bond acceptors (Lipinski definition) is 2. The maximum absolute atomic E-state index is 14.2. The fraction of sp³-hybridized carbons (Fsp3) is 0.100. The van der Waals surface area contributed by atoms with Gasteiger partial charge in [0.2, 0.25) is 0 Å². The predicted molar refractivity (Wildman–Crippen MR) is 93.6 cm³/mol. The van der Waals surface area contributed by atoms with E-state index in [0.717, 1.165) is 16.8 Å². The fourth-order valence-electron chi connectivity index (χ4n) is 2.99. The van der Waals surface area contributed by atoms with Crippen LogP contribution in [0.3, 0.4) is 0 Å². The van der Waals surface area contributed by atoms with Gasteiger partial charge in [-0.15, -0.1) is 0 Å². The van der Waals surface area contributed by atoms with Crippen molar-refractivity contribution in [3.63, 3.8) is 0 Å². The molecule has 1 aliphatic heterocycles. The molecule has 4 rings (SSSR count). The average molecular weight is 340 g/mol. The molecule has 0 spiro atoms. The summed E-state index contributed by atoms with van der Waals surface area (Å²) in [5, 5.41) is 3.90. The zero-order chi connectivity index (χ0) is 16.5. The molecule has 0 radical (unpaired) electrons. The summed E-state index contributed by atoms with van der Waals surface area (Å²) in [4.78, 5) is 0. The summed E-state index contributed by atoms with van der Waals surface area (Å²) >= 11 is 6.16. The van der Waals surface area contributed by atoms with Gasteiger partial charge in [-0.3, -0.25) is 0 Å². The van der Waals surface area contributed by atoms with E-state index < -0.39 is 6.23 Å². The normalized spacial score (nSPS) is 19.4. The molecule has 3 aromatic carbocycles. The van der Waals surface area contributed by atoms with Crippen LogP contribution in [0.2, 0.25) is 5.02 Å². The Bertz CT molecular complexity index is 869. The van der Waals surface area contributed by atoms with Crippen molar-refractivity contribution in [3.05, 3.63) is 100 Å². The monoisotopic (exact) mass is 339 g/mol. The summed E-state index contributed by atoms with van der Waals surface area (Å²) < 4.78 is 20.4. The van der Waals surface area contributed by atoms with Gasteiger partial charge in [-0.05, 0) is 29.8 Å². The second-order valence-corrected chi connectivity index (χ2v) is 6.14. The molecule has 120 valence electrons. The molecule has 1 aliphatic rings. The minimum atomic E-state index is -0.565. The van der Waals surface area contributed by atoms with Gasteiger partial charge in [-0.25, -0.2) is 4.39 Å². The largest absolute Gasteiger partial charge is 0.356 e. The van der Waals surface area contributed by atoms with Crippen LogP contribution in [0.4, 0.5) is 10.1 Å². The highest BCUT2D eigenvalue weighted by atomic mass is 35.5. The second kappa shape index (κ2) is 6.27. The van der Waals surface area contributed by atoms with E-state index in [9.17, 15) is 4.39 Å². The van der Waals surface area contributed by atoms with Crippen molar-refractivity contribution in [2.24, 2.45) is 0 Å². The molecule has 1 N–H and O–H groups in total. The zero-order valence-corrected chi connectivity index (χ0v) is 13.5. The van der Waals surface area contributed by atoms with Crippen LogP contribution in [0.15, 0.2) is 72.8 Å². The topological polar surface area (TPSA) is 21.3 Å². The third kappa shape index (κ3) is 2.77. The van der Waals surface area contributed by atoms with Crippen molar-refractivity contribution in [2.45, 2.75) is 12.3 Å². The molecule has 0 aromatic heterocycles. The standard InChI is InChI=1S/C20H15ClFNO/c21-14-10-11-18-16(12-14)19(13-6-2-1-3-7-13)24-20(23-18)15-8-4-5-9-17(15)22/h1-12,19-20,23H. The maximum atomic E-state index is 14.2. The molecule has 0 aliphatic carbocycles. The lowest BCUT2D eigenvalue weighted by Gasteiger charge is -2.34. The van der Waals surface area contributed by atoms with Gasteiger partial charge in [0.25, 0.3) is 0 Å². The van der Waals surface area contributed by atoms with Crippen molar-refractivity contribution in [1.29, 1.82) is 0 Å². The lowest BCUT2D eigenvalue weighted by atomic mass is 9.97. The van der Waals surface area contributed by atoms with Crippen LogP contribution in [-0.2, 0) is 4.74 Å². The summed E-state index contributed by atoms with van der Waals surface area (Å²) in [5.74, 6) is -0.292. The number of ether oxygens (including phenoxy) is 1. The van der Waals surface area contributed by atoms with Crippen LogP contribution < -0.4 is 5.32 Å². The van der Waals surface area contributed by atoms with Gasteiger partial charge < -0.3 is 10.1 Å². The first kappa shape index (κ1) is 15.2. The van der Waals surface area contributed by atoms with Gasteiger partial charge in [0.1, 0.15) is 11.9 Å². The first-order valence-electron chi connectivity index (χ1n) is 7.73. The molecule has 0 saturated carbocycles. The van der Waals surface area contributed by atoms with E-state index in [1.54, 1.807) is 18.2 Å². The second-order valence-electron chi connectivity index (χ2n) is 5.70. The molecule has 24 heavy (non-hydrogen) atoms. The average Bonchev–Trinajstić information content (AvgIpc) is 2.62. The van der Waals surface area contributed by atoms with E-state index in [0.29, 0.717) is 10.6 Å². The van der Waals surface area contributed by atoms with Crippen LogP contribution in [0.1, 0.15) is 29.0 Å². The Balaban J connectivity index is 1.81. The first-order valence-corrected chi connectivity index (χ1v) is 8.11. The third-order valence-corrected chi connectivity index (χ3v) is 4.38. The molecular formula is C20H15ClFNO. The van der Waals surface area contributed by atoms with Crippen LogP contribution >= 0.6 is 11.6 Å². The Hall–Kier alpha value is -2.36. The summed E-state index contributed by atoms with van der Waals surface area (Å²) in [6.45, 7) is 0. The Morgan fingerprint density at radius 3 is 2.42 bits per heavy atom. The van der Waals surface area contributed by atoms with Gasteiger partial charge in [-0.2, -0.15) is 0 Å². The molecule has 0 fully saturated rings. The van der Waals surface area contributed by atoms with Crippen molar-refractivity contribution >= 4 is 17.3 Å². The molecule has 1 heterocycles. The molecule has 4 heteroatoms. The van der Waals surface area contributed by atoms with Crippen molar-refractivity contribution in [2.75, 3.05) is 5.32 Å². The molecular weight excluding hydrogens is 325 g/mol. The number of hydrogen-bond donors (Lipinski definition) is 1. The molecule has 0 saturated heterocycles. The van der Waals surface area contributed by atoms with Crippen molar-refractivity contribution in [1.82, 2.24) is 0 Å². The van der Waals surface area contributed by atoms with E-state index in [2.05, 4.69) is 5.32 Å². The van der Waals surface area contributed by atoms with Crippen molar-refractivity contribution < 1.29 is 9.13 Å². The number of rotatable bonds is 2. The van der Waals surface area contributed by atoms with Crippen LogP contribution in [0.25, 0.3) is 0 Å². The summed E-state index contributed by atoms with van der Waals surface area (Å²) in [6, 6.07) is 22.1. The summed E-state index contributed by atoms with van der Waals surface area (Å²) in [5.41, 5.74) is 3.33. The highest BCUT2D eigenvalue weighted by Crippen LogP contribution is 2.42. The molecule has 0 amide bonds. The highest BCUT2D eigenvalue weighted by molar-refractivity contribution is 6.30. The summed E-state index contributed by atoms with van der Waals surface area (Å²) in [7, 11) is 0. The molecule has 2 unspecified atom stereocenters. The molecule has 3 aromatic rings. The number of anilines is 1. The van der Waals surface area contributed by atoms with Gasteiger partial charge in [0.05, 0.1) is 0 Å². The zero-order valence-electron chi connectivity index (χ0n) is 12.7. The summed E-state index contributed by atoms with van der Waals surface area (Å²) in [6.07, 6.45) is -0.879. The minimum Gasteiger partial charge on any atom is -0.356 e. The predicted octanol–water partition coefficient (Wildman–Crippen LogP) is 5.71. The minimum absolute atomic E-state index is 0.292. The lowest BCUT2D eigenvalue weighted by Crippen LogP contribution is -2.25. The number of fused-ring (bicyclic) bond motifs is 1. The quantitative estimate of drug-likeness (QED) is 0.645. The Morgan fingerprint density at radius 2 is 1.62 bits per heavy atom. The molecule has 2 nitrogen and oxygen atoms in total. The van der Waals surface area contributed by atoms with Crippen LogP contribution in [-0.4, -0.2) is 0 Å². The van der Waals surface area contributed by atoms with E-state index in [1.807, 2.05) is 48.5 Å². The maximum Gasteiger partial charge on any atom is 0.158 e. The fourth-order valence-corrected chi connectivity index (χ4v) is 3.17. The number of benzene rings is 3. The van der Waals surface area contributed by atoms with Crippen LogP contribution in [0, 0.1) is 5.82 Å². The third-order valence-electron chi connectivity index (χ3n) is 4.14. The number of nitrogens with one attached hydrogen (secondary N) is 1. The smallest absolute Gasteiger partial charge is 0.158 e. The highest BCUT2D eigenvalue weighted by Gasteiger charge is 2.30. The van der Waals surface area contributed by atoms with Crippen LogP contribution in [0.5, 0.6) is 0 Å². The Morgan fingerprint density at radius 1 is 0.875 bits per heavy atom. The Labute approximate surface area is 144 Å². The van der Waals surface area contributed by atoms with E-state index in [-0.39, 0.29) is 11.9 Å². The number of halogens is 2.